The Morgan fingerprint density at radius 3 is 2.81 bits per heavy atom. The number of H-pyrrole nitrogens is 1. The van der Waals surface area contributed by atoms with E-state index in [1.807, 2.05) is 6.08 Å². The Balaban J connectivity index is 2.38. The summed E-state index contributed by atoms with van der Waals surface area (Å²) in [7, 11) is 1.61. The fourth-order valence-electron chi connectivity index (χ4n) is 2.91. The summed E-state index contributed by atoms with van der Waals surface area (Å²) < 4.78 is 40.4. The van der Waals surface area contributed by atoms with Crippen molar-refractivity contribution in [2.24, 2.45) is 12.8 Å². The van der Waals surface area contributed by atoms with Gasteiger partial charge in [0.2, 0.25) is 0 Å². The molecule has 0 saturated carbocycles. The van der Waals surface area contributed by atoms with Crippen LogP contribution in [0.5, 0.6) is 0 Å². The lowest BCUT2D eigenvalue weighted by atomic mass is 9.93. The average molecular weight is 379 g/mol. The third-order valence-corrected chi connectivity index (χ3v) is 4.21. The number of rotatable bonds is 9. The molecule has 27 heavy (non-hydrogen) atoms. The molecule has 2 aromatic rings. The van der Waals surface area contributed by atoms with Crippen molar-refractivity contribution in [2.75, 3.05) is 0 Å². The maximum absolute atomic E-state index is 13.2. The first-order chi connectivity index (χ1) is 13.0. The van der Waals surface area contributed by atoms with Crippen molar-refractivity contribution in [2.45, 2.75) is 39.0 Å². The summed E-state index contributed by atoms with van der Waals surface area (Å²) in [5, 5.41) is 10.5. The van der Waals surface area contributed by atoms with Crippen LogP contribution in [0.25, 0.3) is 11.6 Å². The number of nitrogens with one attached hydrogen (secondary N) is 1. The van der Waals surface area contributed by atoms with Gasteiger partial charge in [0.15, 0.2) is 0 Å². The van der Waals surface area contributed by atoms with Gasteiger partial charge in [0.1, 0.15) is 5.69 Å². The fraction of sp³-hybridized carbons (Fsp3) is 0.368. The maximum atomic E-state index is 13.2. The van der Waals surface area contributed by atoms with Gasteiger partial charge in [0.05, 0.1) is 18.2 Å². The molecule has 0 aliphatic rings. The lowest BCUT2D eigenvalue weighted by Crippen LogP contribution is -1.98. The summed E-state index contributed by atoms with van der Waals surface area (Å²) in [6.45, 7) is 2.06. The van der Waals surface area contributed by atoms with E-state index in [1.54, 1.807) is 19.4 Å². The van der Waals surface area contributed by atoms with Crippen LogP contribution in [0, 0.1) is 0 Å². The SMILES string of the molecule is CCCCC(=C/Cc1cn(C)nc1C(F)F)/C(=C\N)c1cn[nH]c1/C=C/F. The molecular weight excluding hydrogens is 355 g/mol. The zero-order chi connectivity index (χ0) is 19.8. The van der Waals surface area contributed by atoms with E-state index < -0.39 is 6.43 Å². The van der Waals surface area contributed by atoms with Crippen LogP contribution < -0.4 is 5.73 Å². The molecule has 0 radical (unpaired) electrons. The highest BCUT2D eigenvalue weighted by Crippen LogP contribution is 2.30. The van der Waals surface area contributed by atoms with Gasteiger partial charge in [0.25, 0.3) is 6.43 Å². The molecule has 3 N–H and O–H groups in total. The molecular formula is C19H24F3N5. The molecule has 0 amide bonds. The monoisotopic (exact) mass is 379 g/mol. The molecule has 8 heteroatoms. The van der Waals surface area contributed by atoms with Gasteiger partial charge < -0.3 is 5.73 Å². The van der Waals surface area contributed by atoms with Crippen LogP contribution in [-0.4, -0.2) is 20.0 Å². The summed E-state index contributed by atoms with van der Waals surface area (Å²) in [6, 6.07) is 0. The Labute approximate surface area is 156 Å². The summed E-state index contributed by atoms with van der Waals surface area (Å²) in [5.74, 6) is 0. The second-order valence-corrected chi connectivity index (χ2v) is 6.12. The molecule has 0 aromatic carbocycles. The number of allylic oxidation sites excluding steroid dienone is 3. The molecule has 0 saturated heterocycles. The van der Waals surface area contributed by atoms with E-state index in [0.29, 0.717) is 41.6 Å². The summed E-state index contributed by atoms with van der Waals surface area (Å²) in [4.78, 5) is 0. The van der Waals surface area contributed by atoms with Crippen LogP contribution in [0.3, 0.4) is 0 Å². The minimum absolute atomic E-state index is 0.216. The number of nitrogens with two attached hydrogens (primary N) is 1. The standard InChI is InChI=1S/C19H24F3N5/c1-3-4-5-13(6-7-14-12-27(2)26-18(14)19(21)22)15(10-23)16-11-24-25-17(16)8-9-20/h6,8-12,19H,3-5,7,23H2,1-2H3,(H,24,25)/b9-8+,13-6-,15-10+. The minimum Gasteiger partial charge on any atom is -0.404 e. The molecule has 5 nitrogen and oxygen atoms in total. The number of unbranched alkanes of at least 4 members (excludes halogenated alkanes) is 1. The second kappa shape index (κ2) is 9.80. The summed E-state index contributed by atoms with van der Waals surface area (Å²) in [5.41, 5.74) is 8.86. The molecule has 2 rings (SSSR count). The molecule has 0 bridgehead atoms. The van der Waals surface area contributed by atoms with Crippen molar-refractivity contribution < 1.29 is 13.2 Å². The normalized spacial score (nSPS) is 13.3. The smallest absolute Gasteiger partial charge is 0.282 e. The van der Waals surface area contributed by atoms with E-state index in [9.17, 15) is 13.2 Å². The van der Waals surface area contributed by atoms with Gasteiger partial charge >= 0.3 is 0 Å². The number of hydrogen-bond acceptors (Lipinski definition) is 3. The third-order valence-electron chi connectivity index (χ3n) is 4.21. The van der Waals surface area contributed by atoms with Crippen LogP contribution in [-0.2, 0) is 13.5 Å². The van der Waals surface area contributed by atoms with E-state index in [2.05, 4.69) is 22.2 Å². The topological polar surface area (TPSA) is 72.5 Å². The molecule has 0 spiro atoms. The third kappa shape index (κ3) is 5.12. The van der Waals surface area contributed by atoms with E-state index >= 15 is 0 Å². The van der Waals surface area contributed by atoms with Crippen molar-refractivity contribution in [3.8, 4) is 0 Å². The number of aromatic nitrogens is 4. The first-order valence-electron chi connectivity index (χ1n) is 8.74. The van der Waals surface area contributed by atoms with Crippen LogP contribution in [0.1, 0.15) is 55.1 Å². The van der Waals surface area contributed by atoms with Gasteiger partial charge in [-0.3, -0.25) is 9.78 Å². The van der Waals surface area contributed by atoms with E-state index in [-0.39, 0.29) is 5.69 Å². The van der Waals surface area contributed by atoms with Gasteiger partial charge in [0, 0.05) is 36.1 Å². The molecule has 0 aliphatic carbocycles. The zero-order valence-electron chi connectivity index (χ0n) is 15.4. The first-order valence-corrected chi connectivity index (χ1v) is 8.74. The zero-order valence-corrected chi connectivity index (χ0v) is 15.4. The molecule has 0 unspecified atom stereocenters. The second-order valence-electron chi connectivity index (χ2n) is 6.12. The van der Waals surface area contributed by atoms with E-state index in [0.717, 1.165) is 18.4 Å². The fourth-order valence-corrected chi connectivity index (χ4v) is 2.91. The lowest BCUT2D eigenvalue weighted by molar-refractivity contribution is 0.144. The van der Waals surface area contributed by atoms with Gasteiger partial charge in [-0.05, 0) is 30.9 Å². The highest BCUT2D eigenvalue weighted by molar-refractivity contribution is 5.82. The molecule has 0 aliphatic heterocycles. The van der Waals surface area contributed by atoms with Crippen molar-refractivity contribution in [3.63, 3.8) is 0 Å². The maximum Gasteiger partial charge on any atom is 0.282 e. The van der Waals surface area contributed by atoms with Crippen LogP contribution in [0.15, 0.2) is 36.6 Å². The van der Waals surface area contributed by atoms with Gasteiger partial charge in [-0.25, -0.2) is 13.2 Å². The first kappa shape index (κ1) is 20.5. The highest BCUT2D eigenvalue weighted by atomic mass is 19.3. The van der Waals surface area contributed by atoms with Gasteiger partial charge in [-0.15, -0.1) is 0 Å². The molecule has 2 aromatic heterocycles. The number of hydrogen-bond donors (Lipinski definition) is 2. The summed E-state index contributed by atoms with van der Waals surface area (Å²) in [6.07, 6.45) is 8.43. The van der Waals surface area contributed by atoms with Crippen molar-refractivity contribution in [1.29, 1.82) is 0 Å². The van der Waals surface area contributed by atoms with Crippen LogP contribution >= 0.6 is 0 Å². The number of alkyl halides is 2. The molecule has 0 fully saturated rings. The number of nitrogens with zero attached hydrogens (tertiary/aromatic N) is 3. The summed E-state index contributed by atoms with van der Waals surface area (Å²) >= 11 is 0. The average Bonchev–Trinajstić information content (AvgIpc) is 3.24. The Kier molecular flexibility index (Phi) is 7.45. The lowest BCUT2D eigenvalue weighted by Gasteiger charge is -2.12. The van der Waals surface area contributed by atoms with Gasteiger partial charge in [-0.2, -0.15) is 10.2 Å². The predicted octanol–water partition coefficient (Wildman–Crippen LogP) is 4.68. The van der Waals surface area contributed by atoms with Crippen LogP contribution in [0.2, 0.25) is 0 Å². The Hall–Kier alpha value is -2.77. The van der Waals surface area contributed by atoms with E-state index in [1.165, 1.54) is 17.0 Å². The van der Waals surface area contributed by atoms with Crippen LogP contribution in [0.4, 0.5) is 13.2 Å². The quantitative estimate of drug-likeness (QED) is 0.622. The molecule has 2 heterocycles. The highest BCUT2D eigenvalue weighted by Gasteiger charge is 2.18. The van der Waals surface area contributed by atoms with Crippen molar-refractivity contribution in [3.05, 3.63) is 59.1 Å². The van der Waals surface area contributed by atoms with Crippen molar-refractivity contribution >= 4 is 11.6 Å². The Bertz CT molecular complexity index is 830. The van der Waals surface area contributed by atoms with E-state index in [4.69, 9.17) is 5.73 Å². The number of halogens is 3. The Morgan fingerprint density at radius 2 is 2.19 bits per heavy atom. The number of aromatic amines is 1. The molecule has 146 valence electrons. The minimum atomic E-state index is -2.63. The largest absolute Gasteiger partial charge is 0.404 e. The predicted molar refractivity (Wildman–Crippen MR) is 100 cm³/mol. The number of aryl methyl sites for hydroxylation is 1. The Morgan fingerprint density at radius 1 is 1.41 bits per heavy atom. The van der Waals surface area contributed by atoms with Crippen molar-refractivity contribution in [1.82, 2.24) is 20.0 Å². The van der Waals surface area contributed by atoms with Gasteiger partial charge in [-0.1, -0.05) is 19.4 Å². The molecule has 0 atom stereocenters.